The number of hydrogen-bond donors (Lipinski definition) is 2. The van der Waals surface area contributed by atoms with Gasteiger partial charge < -0.3 is 20.2 Å². The van der Waals surface area contributed by atoms with Crippen molar-refractivity contribution in [2.24, 2.45) is 7.05 Å². The number of nitrogens with zero attached hydrogens (tertiary/aromatic N) is 5. The number of carbonyl (C=O) groups excluding carboxylic acids is 2. The van der Waals surface area contributed by atoms with Crippen molar-refractivity contribution < 1.29 is 9.59 Å². The molecule has 0 aliphatic heterocycles. The summed E-state index contributed by atoms with van der Waals surface area (Å²) in [5.74, 6) is 0.0363. The summed E-state index contributed by atoms with van der Waals surface area (Å²) >= 11 is 0. The summed E-state index contributed by atoms with van der Waals surface area (Å²) in [6.07, 6.45) is 8.18. The van der Waals surface area contributed by atoms with E-state index in [9.17, 15) is 14.4 Å². The molecule has 0 unspecified atom stereocenters. The van der Waals surface area contributed by atoms with Gasteiger partial charge in [-0.25, -0.2) is 15.0 Å². The first-order valence-corrected chi connectivity index (χ1v) is 12.5. The number of nitrogen functional groups attached to an aromatic ring is 1. The predicted octanol–water partition coefficient (Wildman–Crippen LogP) is 3.91. The van der Waals surface area contributed by atoms with Gasteiger partial charge in [-0.1, -0.05) is 13.8 Å². The molecular weight excluding hydrogens is 470 g/mol. The molecule has 4 heterocycles. The van der Waals surface area contributed by atoms with Crippen LogP contribution in [0, 0.1) is 0 Å². The van der Waals surface area contributed by atoms with Crippen LogP contribution >= 0.6 is 0 Å². The molecule has 0 saturated heterocycles. The fourth-order valence-corrected chi connectivity index (χ4v) is 5.19. The van der Waals surface area contributed by atoms with Gasteiger partial charge >= 0.3 is 0 Å². The maximum atomic E-state index is 13.5. The zero-order valence-electron chi connectivity index (χ0n) is 21.1. The number of carbonyl (C=O) groups is 2. The van der Waals surface area contributed by atoms with Crippen molar-refractivity contribution in [1.29, 1.82) is 0 Å². The number of amides is 1. The summed E-state index contributed by atoms with van der Waals surface area (Å²) < 4.78 is 3.53. The van der Waals surface area contributed by atoms with Crippen molar-refractivity contribution in [2.45, 2.75) is 52.0 Å². The van der Waals surface area contributed by atoms with Gasteiger partial charge in [0.15, 0.2) is 5.78 Å². The molecule has 190 valence electrons. The average molecular weight is 500 g/mol. The number of ketones is 1. The van der Waals surface area contributed by atoms with Crippen molar-refractivity contribution in [3.63, 3.8) is 0 Å². The van der Waals surface area contributed by atoms with Crippen LogP contribution < -0.4 is 16.6 Å². The molecule has 1 amide bonds. The number of hydrogen-bond acceptors (Lipinski definition) is 7. The van der Waals surface area contributed by atoms with E-state index in [4.69, 9.17) is 5.73 Å². The molecule has 4 aromatic heterocycles. The van der Waals surface area contributed by atoms with Gasteiger partial charge in [-0.15, -0.1) is 0 Å². The van der Waals surface area contributed by atoms with Gasteiger partial charge in [0.25, 0.3) is 11.5 Å². The number of pyridine rings is 2. The summed E-state index contributed by atoms with van der Waals surface area (Å²) in [4.78, 5) is 52.2. The Morgan fingerprint density at radius 3 is 2.59 bits per heavy atom. The van der Waals surface area contributed by atoms with Gasteiger partial charge in [0.05, 0.1) is 5.39 Å². The molecule has 37 heavy (non-hydrogen) atoms. The zero-order valence-corrected chi connectivity index (χ0v) is 21.1. The Morgan fingerprint density at radius 1 is 1.11 bits per heavy atom. The highest BCUT2D eigenvalue weighted by Crippen LogP contribution is 2.32. The van der Waals surface area contributed by atoms with Crippen molar-refractivity contribution in [3.05, 3.63) is 64.1 Å². The Kier molecular flexibility index (Phi) is 6.32. The second kappa shape index (κ2) is 9.61. The van der Waals surface area contributed by atoms with Crippen LogP contribution in [0.15, 0.2) is 41.7 Å². The van der Waals surface area contributed by atoms with Crippen molar-refractivity contribution in [2.75, 3.05) is 11.1 Å². The largest absolute Gasteiger partial charge is 0.383 e. The van der Waals surface area contributed by atoms with Crippen LogP contribution in [0.3, 0.4) is 0 Å². The second-order valence-electron chi connectivity index (χ2n) is 9.34. The highest BCUT2D eigenvalue weighted by molar-refractivity contribution is 6.06. The Hall–Kier alpha value is -4.34. The lowest BCUT2D eigenvalue weighted by molar-refractivity contribution is 0.0969. The smallest absolute Gasteiger partial charge is 0.263 e. The third kappa shape index (κ3) is 4.18. The normalized spacial score (nSPS) is 13.2. The van der Waals surface area contributed by atoms with Crippen LogP contribution in [0.2, 0.25) is 0 Å². The third-order valence-electron chi connectivity index (χ3n) is 7.11. The lowest BCUT2D eigenvalue weighted by Crippen LogP contribution is -2.36. The molecule has 0 saturated carbocycles. The van der Waals surface area contributed by atoms with Crippen LogP contribution in [0.5, 0.6) is 0 Å². The standard InChI is InChI=1S/C27H29N7O3/c1-4-16(5-2)34-20-7-6-8-21(35)17(20)11-18(27(34)37)26(36)32-22-10-9-15(12-29-22)19-13-33(3)25-23(19)24(28)30-14-31-25/h9-14,16H,4-8H2,1-3H3,(H2,28,30,31)(H,29,32,36). The Labute approximate surface area is 213 Å². The van der Waals surface area contributed by atoms with E-state index < -0.39 is 5.91 Å². The molecule has 0 spiro atoms. The van der Waals surface area contributed by atoms with E-state index in [-0.39, 0.29) is 28.8 Å². The van der Waals surface area contributed by atoms with Crippen LogP contribution in [0.4, 0.5) is 11.6 Å². The van der Waals surface area contributed by atoms with E-state index in [0.717, 1.165) is 35.0 Å². The molecular formula is C27H29N7O3. The summed E-state index contributed by atoms with van der Waals surface area (Å²) in [6, 6.07) is 4.85. The van der Waals surface area contributed by atoms with E-state index in [1.54, 1.807) is 16.8 Å². The number of rotatable bonds is 6. The van der Waals surface area contributed by atoms with E-state index in [1.807, 2.05) is 37.7 Å². The monoisotopic (exact) mass is 499 g/mol. The Morgan fingerprint density at radius 2 is 1.89 bits per heavy atom. The van der Waals surface area contributed by atoms with E-state index >= 15 is 0 Å². The quantitative estimate of drug-likeness (QED) is 0.410. The van der Waals surface area contributed by atoms with Gasteiger partial charge in [0.1, 0.15) is 29.2 Å². The summed E-state index contributed by atoms with van der Waals surface area (Å²) in [6.45, 7) is 4.01. The highest BCUT2D eigenvalue weighted by atomic mass is 16.2. The minimum atomic E-state index is -0.589. The summed E-state index contributed by atoms with van der Waals surface area (Å²) in [5.41, 5.74) is 9.19. The van der Waals surface area contributed by atoms with Gasteiger partial charge in [0, 0.05) is 54.3 Å². The van der Waals surface area contributed by atoms with Gasteiger partial charge in [-0.05, 0) is 43.9 Å². The molecule has 0 aromatic carbocycles. The first-order valence-electron chi connectivity index (χ1n) is 12.5. The molecule has 0 radical (unpaired) electrons. The first kappa shape index (κ1) is 24.4. The van der Waals surface area contributed by atoms with Crippen molar-refractivity contribution in [3.8, 4) is 11.1 Å². The molecule has 1 aliphatic carbocycles. The van der Waals surface area contributed by atoms with Crippen molar-refractivity contribution in [1.82, 2.24) is 24.1 Å². The fraction of sp³-hybridized carbons (Fsp3) is 0.333. The molecule has 0 fully saturated rings. The first-order chi connectivity index (χ1) is 17.8. The number of nitrogens with one attached hydrogen (secondary N) is 1. The maximum absolute atomic E-state index is 13.5. The topological polar surface area (TPSA) is 138 Å². The predicted molar refractivity (Wildman–Crippen MR) is 142 cm³/mol. The van der Waals surface area contributed by atoms with Crippen LogP contribution in [0.25, 0.3) is 22.2 Å². The average Bonchev–Trinajstić information content (AvgIpc) is 3.24. The van der Waals surface area contributed by atoms with Gasteiger partial charge in [0.2, 0.25) is 0 Å². The molecule has 5 rings (SSSR count). The fourth-order valence-electron chi connectivity index (χ4n) is 5.19. The number of nitrogens with two attached hydrogens (primary N) is 1. The van der Waals surface area contributed by atoms with Crippen molar-refractivity contribution >= 4 is 34.4 Å². The Balaban J connectivity index is 1.48. The minimum Gasteiger partial charge on any atom is -0.383 e. The van der Waals surface area contributed by atoms with E-state index in [2.05, 4.69) is 20.3 Å². The molecule has 4 aromatic rings. The zero-order chi connectivity index (χ0) is 26.3. The highest BCUT2D eigenvalue weighted by Gasteiger charge is 2.28. The van der Waals surface area contributed by atoms with Crippen LogP contribution in [0.1, 0.15) is 72.0 Å². The Bertz CT molecular complexity index is 1580. The second-order valence-corrected chi connectivity index (χ2v) is 9.34. The number of aryl methyl sites for hydroxylation is 1. The third-order valence-corrected chi connectivity index (χ3v) is 7.11. The molecule has 0 bridgehead atoms. The number of Topliss-reactive ketones (excluding diaryl/α,β-unsaturated/α-hetero) is 1. The lowest BCUT2D eigenvalue weighted by atomic mass is 9.92. The molecule has 10 nitrogen and oxygen atoms in total. The summed E-state index contributed by atoms with van der Waals surface area (Å²) in [7, 11) is 1.87. The number of fused-ring (bicyclic) bond motifs is 2. The SMILES string of the molecule is CCC(CC)n1c2c(cc(C(=O)Nc3ccc(-c4cn(C)c5ncnc(N)c45)cn3)c1=O)C(=O)CCC2. The molecule has 10 heteroatoms. The van der Waals surface area contributed by atoms with Gasteiger partial charge in [-0.3, -0.25) is 14.4 Å². The van der Waals surface area contributed by atoms with E-state index in [0.29, 0.717) is 36.3 Å². The summed E-state index contributed by atoms with van der Waals surface area (Å²) in [5, 5.41) is 3.45. The number of aromatic nitrogens is 5. The number of anilines is 2. The molecule has 0 atom stereocenters. The maximum Gasteiger partial charge on any atom is 0.263 e. The minimum absolute atomic E-state index is 0.0316. The van der Waals surface area contributed by atoms with E-state index in [1.165, 1.54) is 12.4 Å². The lowest BCUT2D eigenvalue weighted by Gasteiger charge is -2.26. The molecule has 3 N–H and O–H groups in total. The molecule has 1 aliphatic rings. The van der Waals surface area contributed by atoms with Crippen LogP contribution in [-0.4, -0.2) is 35.8 Å². The van der Waals surface area contributed by atoms with Gasteiger partial charge in [-0.2, -0.15) is 0 Å². The van der Waals surface area contributed by atoms with Crippen LogP contribution in [-0.2, 0) is 13.5 Å².